The number of aryl methyl sites for hydroxylation is 2. The maximum absolute atomic E-state index is 12.3. The largest absolute Gasteiger partial charge is 0.394 e. The number of rotatable bonds is 6. The van der Waals surface area contributed by atoms with Gasteiger partial charge in [-0.2, -0.15) is 0 Å². The summed E-state index contributed by atoms with van der Waals surface area (Å²) in [6.07, 6.45) is 6.72. The Balaban J connectivity index is 2.02. The summed E-state index contributed by atoms with van der Waals surface area (Å²) in [5, 5.41) is 12.6. The molecular weight excluding hydrogens is 262 g/mol. The van der Waals surface area contributed by atoms with Crippen molar-refractivity contribution in [2.45, 2.75) is 64.3 Å². The van der Waals surface area contributed by atoms with E-state index in [-0.39, 0.29) is 12.5 Å². The van der Waals surface area contributed by atoms with Crippen LogP contribution in [0, 0.1) is 0 Å². The molecule has 2 N–H and O–H groups in total. The van der Waals surface area contributed by atoms with Crippen LogP contribution in [0.2, 0.25) is 0 Å². The minimum atomic E-state index is -0.467. The summed E-state index contributed by atoms with van der Waals surface area (Å²) in [6, 6.07) is 6.44. The van der Waals surface area contributed by atoms with Gasteiger partial charge in [0.15, 0.2) is 0 Å². The molecule has 1 aromatic rings. The SMILES string of the molecule is CCC(CC)(CO)NC(=O)Cc1ccc2c(c1)CCCC2. The van der Waals surface area contributed by atoms with E-state index in [1.165, 1.54) is 30.4 Å². The number of carbonyl (C=O) groups excluding carboxylic acids is 1. The highest BCUT2D eigenvalue weighted by atomic mass is 16.3. The van der Waals surface area contributed by atoms with Crippen LogP contribution < -0.4 is 5.32 Å². The normalized spacial score (nSPS) is 14.6. The predicted octanol–water partition coefficient (Wildman–Crippen LogP) is 2.78. The molecule has 0 radical (unpaired) electrons. The van der Waals surface area contributed by atoms with E-state index >= 15 is 0 Å². The van der Waals surface area contributed by atoms with Gasteiger partial charge in [0.2, 0.25) is 5.91 Å². The highest BCUT2D eigenvalue weighted by Gasteiger charge is 2.27. The molecule has 0 fully saturated rings. The van der Waals surface area contributed by atoms with Gasteiger partial charge >= 0.3 is 0 Å². The van der Waals surface area contributed by atoms with Crippen LogP contribution in [0.1, 0.15) is 56.2 Å². The fourth-order valence-electron chi connectivity index (χ4n) is 3.11. The lowest BCUT2D eigenvalue weighted by Gasteiger charge is -2.30. The second kappa shape index (κ2) is 7.08. The average Bonchev–Trinajstić information content (AvgIpc) is 2.52. The van der Waals surface area contributed by atoms with Crippen LogP contribution in [0.25, 0.3) is 0 Å². The minimum Gasteiger partial charge on any atom is -0.394 e. The summed E-state index contributed by atoms with van der Waals surface area (Å²) in [4.78, 5) is 12.3. The van der Waals surface area contributed by atoms with Gasteiger partial charge in [-0.25, -0.2) is 0 Å². The summed E-state index contributed by atoms with van der Waals surface area (Å²) < 4.78 is 0. The zero-order valence-corrected chi connectivity index (χ0v) is 13.2. The fourth-order valence-corrected chi connectivity index (χ4v) is 3.11. The Kier molecular flexibility index (Phi) is 5.40. The third-order valence-electron chi connectivity index (χ3n) is 4.84. The van der Waals surface area contributed by atoms with Gasteiger partial charge in [-0.1, -0.05) is 32.0 Å². The number of amides is 1. The number of carbonyl (C=O) groups is 1. The molecule has 0 bridgehead atoms. The highest BCUT2D eigenvalue weighted by Crippen LogP contribution is 2.22. The first-order valence-electron chi connectivity index (χ1n) is 8.15. The van der Waals surface area contributed by atoms with Crippen LogP contribution in [0.15, 0.2) is 18.2 Å². The van der Waals surface area contributed by atoms with Gasteiger partial charge in [-0.15, -0.1) is 0 Å². The van der Waals surface area contributed by atoms with Gasteiger partial charge < -0.3 is 10.4 Å². The van der Waals surface area contributed by atoms with Gasteiger partial charge in [-0.3, -0.25) is 4.79 Å². The van der Waals surface area contributed by atoms with Gasteiger partial charge in [0.25, 0.3) is 0 Å². The molecule has 3 heteroatoms. The van der Waals surface area contributed by atoms with E-state index < -0.39 is 5.54 Å². The Morgan fingerprint density at radius 2 is 1.86 bits per heavy atom. The molecule has 21 heavy (non-hydrogen) atoms. The van der Waals surface area contributed by atoms with E-state index in [1.54, 1.807) is 0 Å². The fraction of sp³-hybridized carbons (Fsp3) is 0.611. The maximum atomic E-state index is 12.3. The Morgan fingerprint density at radius 1 is 1.19 bits per heavy atom. The van der Waals surface area contributed by atoms with Crippen molar-refractivity contribution in [1.82, 2.24) is 5.32 Å². The Bertz CT molecular complexity index is 484. The number of aliphatic hydroxyl groups is 1. The van der Waals surface area contributed by atoms with Crippen molar-refractivity contribution >= 4 is 5.91 Å². The number of hydrogen-bond donors (Lipinski definition) is 2. The molecule has 0 spiro atoms. The summed E-state index contributed by atoms with van der Waals surface area (Å²) >= 11 is 0. The van der Waals surface area contributed by atoms with E-state index in [1.807, 2.05) is 13.8 Å². The second-order valence-corrected chi connectivity index (χ2v) is 6.18. The van der Waals surface area contributed by atoms with Gasteiger partial charge in [0.05, 0.1) is 18.6 Å². The molecule has 2 rings (SSSR count). The molecule has 1 aliphatic carbocycles. The molecule has 0 heterocycles. The van der Waals surface area contributed by atoms with Crippen LogP contribution in [0.4, 0.5) is 0 Å². The first kappa shape index (κ1) is 16.0. The Morgan fingerprint density at radius 3 is 2.48 bits per heavy atom. The van der Waals surface area contributed by atoms with Crippen molar-refractivity contribution in [3.05, 3.63) is 34.9 Å². The molecule has 0 unspecified atom stereocenters. The zero-order chi connectivity index (χ0) is 15.3. The van der Waals surface area contributed by atoms with Crippen molar-refractivity contribution in [3.63, 3.8) is 0 Å². The predicted molar refractivity (Wildman–Crippen MR) is 85.3 cm³/mol. The Hall–Kier alpha value is -1.35. The molecule has 1 aliphatic rings. The average molecular weight is 289 g/mol. The number of nitrogens with one attached hydrogen (secondary N) is 1. The van der Waals surface area contributed by atoms with E-state index in [0.29, 0.717) is 6.42 Å². The van der Waals surface area contributed by atoms with Crippen molar-refractivity contribution < 1.29 is 9.90 Å². The lowest BCUT2D eigenvalue weighted by atomic mass is 9.89. The number of aliphatic hydroxyl groups excluding tert-OH is 1. The van der Waals surface area contributed by atoms with Crippen LogP contribution >= 0.6 is 0 Å². The van der Waals surface area contributed by atoms with Crippen molar-refractivity contribution in [2.24, 2.45) is 0 Å². The van der Waals surface area contributed by atoms with E-state index in [0.717, 1.165) is 24.8 Å². The second-order valence-electron chi connectivity index (χ2n) is 6.18. The molecule has 1 aromatic carbocycles. The smallest absolute Gasteiger partial charge is 0.224 e. The number of fused-ring (bicyclic) bond motifs is 1. The van der Waals surface area contributed by atoms with E-state index in [9.17, 15) is 9.90 Å². The minimum absolute atomic E-state index is 0.00325. The molecular formula is C18H27NO2. The third kappa shape index (κ3) is 3.85. The molecule has 1 amide bonds. The van der Waals surface area contributed by atoms with Crippen LogP contribution in [0.3, 0.4) is 0 Å². The van der Waals surface area contributed by atoms with E-state index in [2.05, 4.69) is 23.5 Å². The summed E-state index contributed by atoms with van der Waals surface area (Å²) in [6.45, 7) is 3.99. The topological polar surface area (TPSA) is 49.3 Å². The molecule has 0 saturated heterocycles. The van der Waals surface area contributed by atoms with Crippen LogP contribution in [-0.4, -0.2) is 23.2 Å². The summed E-state index contributed by atoms with van der Waals surface area (Å²) in [5.41, 5.74) is 3.46. The van der Waals surface area contributed by atoms with Crippen molar-refractivity contribution in [1.29, 1.82) is 0 Å². The summed E-state index contributed by atoms with van der Waals surface area (Å²) in [7, 11) is 0. The maximum Gasteiger partial charge on any atom is 0.224 e. The Labute approximate surface area is 127 Å². The van der Waals surface area contributed by atoms with Crippen LogP contribution in [0.5, 0.6) is 0 Å². The molecule has 0 aliphatic heterocycles. The first-order valence-corrected chi connectivity index (χ1v) is 8.15. The highest BCUT2D eigenvalue weighted by molar-refractivity contribution is 5.79. The van der Waals surface area contributed by atoms with Crippen molar-refractivity contribution in [2.75, 3.05) is 6.61 Å². The van der Waals surface area contributed by atoms with E-state index in [4.69, 9.17) is 0 Å². The molecule has 0 saturated carbocycles. The first-order chi connectivity index (χ1) is 10.1. The molecule has 0 aromatic heterocycles. The quantitative estimate of drug-likeness (QED) is 0.846. The van der Waals surface area contributed by atoms with Gasteiger partial charge in [0.1, 0.15) is 0 Å². The number of hydrogen-bond acceptors (Lipinski definition) is 2. The van der Waals surface area contributed by atoms with Crippen LogP contribution in [-0.2, 0) is 24.1 Å². The number of benzene rings is 1. The monoisotopic (exact) mass is 289 g/mol. The van der Waals surface area contributed by atoms with Gasteiger partial charge in [-0.05, 0) is 55.2 Å². The zero-order valence-electron chi connectivity index (χ0n) is 13.2. The standard InChI is InChI=1S/C18H27NO2/c1-3-18(4-2,13-20)19-17(21)12-14-9-10-15-7-5-6-8-16(15)11-14/h9-11,20H,3-8,12-13H2,1-2H3,(H,19,21). The third-order valence-corrected chi connectivity index (χ3v) is 4.84. The molecule has 3 nitrogen and oxygen atoms in total. The lowest BCUT2D eigenvalue weighted by molar-refractivity contribution is -0.123. The summed E-state index contributed by atoms with van der Waals surface area (Å²) in [5.74, 6) is 0.00325. The van der Waals surface area contributed by atoms with Crippen molar-refractivity contribution in [3.8, 4) is 0 Å². The lowest BCUT2D eigenvalue weighted by Crippen LogP contribution is -2.51. The molecule has 116 valence electrons. The molecule has 0 atom stereocenters. The van der Waals surface area contributed by atoms with Gasteiger partial charge in [0, 0.05) is 0 Å².